The van der Waals surface area contributed by atoms with Gasteiger partial charge >= 0.3 is 5.97 Å². The van der Waals surface area contributed by atoms with E-state index in [4.69, 9.17) is 9.63 Å². The van der Waals surface area contributed by atoms with Gasteiger partial charge in [0, 0.05) is 11.6 Å². The quantitative estimate of drug-likeness (QED) is 0.871. The average Bonchev–Trinajstić information content (AvgIpc) is 2.78. The molecule has 0 unspecified atom stereocenters. The Morgan fingerprint density at radius 3 is 2.67 bits per heavy atom. The summed E-state index contributed by atoms with van der Waals surface area (Å²) in [5, 5.41) is 22.0. The maximum absolute atomic E-state index is 10.7. The number of benzene rings is 1. The number of phenolic OH excluding ortho intramolecular Hbond substituents is 1. The smallest absolute Gasteiger partial charge is 0.358 e. The zero-order chi connectivity index (χ0) is 13.3. The molecule has 0 aliphatic rings. The minimum atomic E-state index is -1.13. The number of aryl methyl sites for hydroxylation is 2. The molecule has 94 valence electrons. The Balaban J connectivity index is 2.52. The van der Waals surface area contributed by atoms with Crippen LogP contribution in [0.3, 0.4) is 0 Å². The largest absolute Gasteiger partial charge is 0.508 e. The van der Waals surface area contributed by atoms with Crippen LogP contribution in [0.5, 0.6) is 5.75 Å². The molecule has 2 rings (SSSR count). The molecular formula is C13H13NO4. The molecule has 1 aromatic carbocycles. The number of phenols is 1. The Morgan fingerprint density at radius 1 is 1.39 bits per heavy atom. The fourth-order valence-corrected chi connectivity index (χ4v) is 1.79. The average molecular weight is 247 g/mol. The molecule has 0 aliphatic heterocycles. The first kappa shape index (κ1) is 12.2. The van der Waals surface area contributed by atoms with E-state index in [0.29, 0.717) is 12.2 Å². The number of aromatic nitrogens is 1. The van der Waals surface area contributed by atoms with E-state index in [9.17, 15) is 9.90 Å². The van der Waals surface area contributed by atoms with E-state index in [-0.39, 0.29) is 11.4 Å². The molecule has 18 heavy (non-hydrogen) atoms. The van der Waals surface area contributed by atoms with Crippen LogP contribution in [0.4, 0.5) is 0 Å². The second-order valence-corrected chi connectivity index (χ2v) is 4.03. The molecule has 2 aromatic rings. The van der Waals surface area contributed by atoms with Crippen molar-refractivity contribution in [3.8, 4) is 17.1 Å². The Hall–Kier alpha value is -2.30. The molecule has 0 amide bonds. The minimum Gasteiger partial charge on any atom is -0.508 e. The van der Waals surface area contributed by atoms with Crippen molar-refractivity contribution in [1.29, 1.82) is 0 Å². The summed E-state index contributed by atoms with van der Waals surface area (Å²) >= 11 is 0. The SMILES string of the molecule is CCc1cc(-c2cc(C(=O)O)no2)c(C)cc1O. The third-order valence-electron chi connectivity index (χ3n) is 2.80. The maximum atomic E-state index is 10.7. The first-order valence-electron chi connectivity index (χ1n) is 5.55. The molecular weight excluding hydrogens is 234 g/mol. The van der Waals surface area contributed by atoms with Gasteiger partial charge in [-0.1, -0.05) is 12.1 Å². The molecule has 0 saturated carbocycles. The molecule has 0 atom stereocenters. The van der Waals surface area contributed by atoms with E-state index >= 15 is 0 Å². The fraction of sp³-hybridized carbons (Fsp3) is 0.231. The van der Waals surface area contributed by atoms with Crippen molar-refractivity contribution in [3.63, 3.8) is 0 Å². The predicted molar refractivity (Wildman–Crippen MR) is 64.7 cm³/mol. The number of hydrogen-bond donors (Lipinski definition) is 2. The van der Waals surface area contributed by atoms with E-state index in [1.807, 2.05) is 13.8 Å². The second-order valence-electron chi connectivity index (χ2n) is 4.03. The van der Waals surface area contributed by atoms with Gasteiger partial charge in [-0.15, -0.1) is 0 Å². The zero-order valence-electron chi connectivity index (χ0n) is 10.1. The van der Waals surface area contributed by atoms with Gasteiger partial charge in [0.15, 0.2) is 11.5 Å². The highest BCUT2D eigenvalue weighted by Gasteiger charge is 2.15. The van der Waals surface area contributed by atoms with Gasteiger partial charge in [-0.3, -0.25) is 0 Å². The summed E-state index contributed by atoms with van der Waals surface area (Å²) in [7, 11) is 0. The summed E-state index contributed by atoms with van der Waals surface area (Å²) in [4.78, 5) is 10.7. The number of carboxylic acid groups (broad SMARTS) is 1. The monoisotopic (exact) mass is 247 g/mol. The van der Waals surface area contributed by atoms with Crippen molar-refractivity contribution in [2.24, 2.45) is 0 Å². The highest BCUT2D eigenvalue weighted by atomic mass is 16.5. The standard InChI is InChI=1S/C13H13NO4/c1-3-8-5-9(7(2)4-11(8)15)12-6-10(13(16)17)14-18-12/h4-6,15H,3H2,1-2H3,(H,16,17). The number of aromatic carboxylic acids is 1. The van der Waals surface area contributed by atoms with Crippen molar-refractivity contribution in [2.45, 2.75) is 20.3 Å². The van der Waals surface area contributed by atoms with Gasteiger partial charge in [-0.2, -0.15) is 0 Å². The minimum absolute atomic E-state index is 0.129. The lowest BCUT2D eigenvalue weighted by atomic mass is 10.0. The Morgan fingerprint density at radius 2 is 2.11 bits per heavy atom. The highest BCUT2D eigenvalue weighted by Crippen LogP contribution is 2.30. The van der Waals surface area contributed by atoms with Gasteiger partial charge in [0.1, 0.15) is 5.75 Å². The Labute approximate surface area is 104 Å². The number of aromatic hydroxyl groups is 1. The maximum Gasteiger partial charge on any atom is 0.358 e. The molecule has 0 saturated heterocycles. The molecule has 0 fully saturated rings. The molecule has 0 bridgehead atoms. The number of nitrogens with zero attached hydrogens (tertiary/aromatic N) is 1. The second kappa shape index (κ2) is 4.52. The Kier molecular flexibility index (Phi) is 3.06. The topological polar surface area (TPSA) is 83.6 Å². The molecule has 5 heteroatoms. The van der Waals surface area contributed by atoms with Crippen LogP contribution in [0.2, 0.25) is 0 Å². The highest BCUT2D eigenvalue weighted by molar-refractivity contribution is 5.86. The summed E-state index contributed by atoms with van der Waals surface area (Å²) in [5.74, 6) is -0.506. The van der Waals surface area contributed by atoms with Crippen molar-refractivity contribution >= 4 is 5.97 Å². The summed E-state index contributed by atoms with van der Waals surface area (Å²) in [5.41, 5.74) is 2.20. The van der Waals surface area contributed by atoms with E-state index in [1.165, 1.54) is 6.07 Å². The van der Waals surface area contributed by atoms with Gasteiger partial charge in [0.25, 0.3) is 0 Å². The molecule has 0 spiro atoms. The van der Waals surface area contributed by atoms with Crippen LogP contribution in [-0.4, -0.2) is 21.3 Å². The third-order valence-corrected chi connectivity index (χ3v) is 2.80. The van der Waals surface area contributed by atoms with Crippen molar-refractivity contribution in [1.82, 2.24) is 5.16 Å². The van der Waals surface area contributed by atoms with Crippen LogP contribution in [0.15, 0.2) is 22.7 Å². The normalized spacial score (nSPS) is 10.6. The number of carbonyl (C=O) groups is 1. The lowest BCUT2D eigenvalue weighted by Crippen LogP contribution is -1.94. The number of rotatable bonds is 3. The Bertz CT molecular complexity index is 601. The van der Waals surface area contributed by atoms with Crippen LogP contribution in [0.1, 0.15) is 28.5 Å². The van der Waals surface area contributed by atoms with Gasteiger partial charge in [0.05, 0.1) is 0 Å². The molecule has 1 heterocycles. The molecule has 0 aliphatic carbocycles. The summed E-state index contributed by atoms with van der Waals surface area (Å²) in [6.07, 6.45) is 0.680. The fourth-order valence-electron chi connectivity index (χ4n) is 1.79. The van der Waals surface area contributed by atoms with Crippen LogP contribution >= 0.6 is 0 Å². The summed E-state index contributed by atoms with van der Waals surface area (Å²) < 4.78 is 5.02. The van der Waals surface area contributed by atoms with E-state index in [0.717, 1.165) is 16.7 Å². The van der Waals surface area contributed by atoms with Crippen molar-refractivity contribution in [2.75, 3.05) is 0 Å². The van der Waals surface area contributed by atoms with Gasteiger partial charge in [0.2, 0.25) is 0 Å². The summed E-state index contributed by atoms with van der Waals surface area (Å²) in [6, 6.07) is 4.80. The molecule has 2 N–H and O–H groups in total. The van der Waals surface area contributed by atoms with Gasteiger partial charge in [-0.05, 0) is 36.6 Å². The number of carboxylic acids is 1. The van der Waals surface area contributed by atoms with E-state index in [1.54, 1.807) is 12.1 Å². The van der Waals surface area contributed by atoms with E-state index in [2.05, 4.69) is 5.16 Å². The molecule has 5 nitrogen and oxygen atoms in total. The number of hydrogen-bond acceptors (Lipinski definition) is 4. The lowest BCUT2D eigenvalue weighted by molar-refractivity contribution is 0.0686. The van der Waals surface area contributed by atoms with Gasteiger partial charge < -0.3 is 14.7 Å². The first-order valence-corrected chi connectivity index (χ1v) is 5.55. The molecule has 1 aromatic heterocycles. The first-order chi connectivity index (χ1) is 8.52. The summed E-state index contributed by atoms with van der Waals surface area (Å²) in [6.45, 7) is 3.74. The van der Waals surface area contributed by atoms with Crippen molar-refractivity contribution < 1.29 is 19.5 Å². The van der Waals surface area contributed by atoms with Crippen LogP contribution in [0, 0.1) is 6.92 Å². The lowest BCUT2D eigenvalue weighted by Gasteiger charge is -2.07. The van der Waals surface area contributed by atoms with Crippen LogP contribution in [-0.2, 0) is 6.42 Å². The zero-order valence-corrected chi connectivity index (χ0v) is 10.1. The van der Waals surface area contributed by atoms with E-state index < -0.39 is 5.97 Å². The predicted octanol–water partition coefficient (Wildman–Crippen LogP) is 2.62. The van der Waals surface area contributed by atoms with Crippen molar-refractivity contribution in [3.05, 3.63) is 35.0 Å². The van der Waals surface area contributed by atoms with Gasteiger partial charge in [-0.25, -0.2) is 4.79 Å². The van der Waals surface area contributed by atoms with Crippen LogP contribution < -0.4 is 0 Å². The molecule has 0 radical (unpaired) electrons. The third kappa shape index (κ3) is 2.07. The van der Waals surface area contributed by atoms with Crippen LogP contribution in [0.25, 0.3) is 11.3 Å².